The van der Waals surface area contributed by atoms with Crippen LogP contribution in [0.2, 0.25) is 0 Å². The molecule has 1 saturated carbocycles. The van der Waals surface area contributed by atoms with Gasteiger partial charge in [0.05, 0.1) is 0 Å². The monoisotopic (exact) mass is 227 g/mol. The molecule has 2 atom stereocenters. The van der Waals surface area contributed by atoms with Gasteiger partial charge in [0.15, 0.2) is 0 Å². The van der Waals surface area contributed by atoms with Crippen LogP contribution in [0.1, 0.15) is 41.0 Å². The molecule has 2 unspecified atom stereocenters. The Morgan fingerprint density at radius 1 is 1.20 bits per heavy atom. The van der Waals surface area contributed by atoms with E-state index in [0.717, 1.165) is 17.2 Å². The molecule has 15 heavy (non-hydrogen) atoms. The van der Waals surface area contributed by atoms with Gasteiger partial charge in [-0.05, 0) is 35.5 Å². The Hall–Kier alpha value is 0.310. The molecule has 2 aliphatic rings. The Kier molecular flexibility index (Phi) is 2.88. The highest BCUT2D eigenvalue weighted by Gasteiger charge is 2.63. The SMILES string of the molecule is CC1SCCC1NCC1C(C)(C)C1(C)C. The van der Waals surface area contributed by atoms with Crippen molar-refractivity contribution in [3.63, 3.8) is 0 Å². The van der Waals surface area contributed by atoms with Crippen LogP contribution in [0.15, 0.2) is 0 Å². The summed E-state index contributed by atoms with van der Waals surface area (Å²) in [5, 5.41) is 4.60. The fourth-order valence-corrected chi connectivity index (χ4v) is 4.34. The van der Waals surface area contributed by atoms with Crippen molar-refractivity contribution in [1.82, 2.24) is 5.32 Å². The quantitative estimate of drug-likeness (QED) is 0.795. The van der Waals surface area contributed by atoms with Crippen molar-refractivity contribution in [2.75, 3.05) is 12.3 Å². The molecule has 0 aromatic carbocycles. The smallest absolute Gasteiger partial charge is 0.0191 e. The lowest BCUT2D eigenvalue weighted by molar-refractivity contribution is 0.457. The Bertz CT molecular complexity index is 233. The van der Waals surface area contributed by atoms with Gasteiger partial charge in [-0.15, -0.1) is 0 Å². The number of hydrogen-bond donors (Lipinski definition) is 1. The summed E-state index contributed by atoms with van der Waals surface area (Å²) in [7, 11) is 0. The highest BCUT2D eigenvalue weighted by molar-refractivity contribution is 8.00. The van der Waals surface area contributed by atoms with Crippen LogP contribution in [0.4, 0.5) is 0 Å². The largest absolute Gasteiger partial charge is 0.313 e. The van der Waals surface area contributed by atoms with Crippen LogP contribution in [0, 0.1) is 16.7 Å². The molecule has 2 rings (SSSR count). The van der Waals surface area contributed by atoms with Gasteiger partial charge in [-0.3, -0.25) is 0 Å². The van der Waals surface area contributed by atoms with Crippen molar-refractivity contribution < 1.29 is 0 Å². The molecule has 1 heterocycles. The van der Waals surface area contributed by atoms with Gasteiger partial charge in [0.25, 0.3) is 0 Å². The van der Waals surface area contributed by atoms with E-state index < -0.39 is 0 Å². The second-order valence-corrected chi connectivity index (χ2v) is 7.86. The Balaban J connectivity index is 1.81. The topological polar surface area (TPSA) is 12.0 Å². The van der Waals surface area contributed by atoms with Gasteiger partial charge in [-0.1, -0.05) is 34.6 Å². The summed E-state index contributed by atoms with van der Waals surface area (Å²) in [4.78, 5) is 0. The minimum absolute atomic E-state index is 0.537. The van der Waals surface area contributed by atoms with E-state index in [0.29, 0.717) is 10.8 Å². The van der Waals surface area contributed by atoms with Gasteiger partial charge in [-0.2, -0.15) is 11.8 Å². The van der Waals surface area contributed by atoms with Crippen LogP contribution in [0.5, 0.6) is 0 Å². The van der Waals surface area contributed by atoms with Crippen molar-refractivity contribution in [3.05, 3.63) is 0 Å². The fourth-order valence-electron chi connectivity index (χ4n) is 3.11. The molecule has 88 valence electrons. The second-order valence-electron chi connectivity index (χ2n) is 6.38. The van der Waals surface area contributed by atoms with Crippen LogP contribution in [0.25, 0.3) is 0 Å². The van der Waals surface area contributed by atoms with Gasteiger partial charge >= 0.3 is 0 Å². The molecule has 0 aromatic heterocycles. The molecule has 0 radical (unpaired) electrons. The van der Waals surface area contributed by atoms with E-state index in [-0.39, 0.29) is 0 Å². The third-order valence-electron chi connectivity index (χ3n) is 5.28. The van der Waals surface area contributed by atoms with Crippen LogP contribution in [0.3, 0.4) is 0 Å². The molecular formula is C13H25NS. The third kappa shape index (κ3) is 1.84. The van der Waals surface area contributed by atoms with Crippen molar-refractivity contribution in [1.29, 1.82) is 0 Å². The molecule has 0 bridgehead atoms. The van der Waals surface area contributed by atoms with Crippen LogP contribution in [-0.4, -0.2) is 23.6 Å². The van der Waals surface area contributed by atoms with E-state index in [1.807, 2.05) is 0 Å². The maximum atomic E-state index is 3.78. The number of rotatable bonds is 3. The summed E-state index contributed by atoms with van der Waals surface area (Å²) in [6.45, 7) is 13.2. The minimum atomic E-state index is 0.537. The minimum Gasteiger partial charge on any atom is -0.313 e. The molecule has 0 amide bonds. The highest BCUT2D eigenvalue weighted by Crippen LogP contribution is 2.67. The van der Waals surface area contributed by atoms with Crippen LogP contribution in [-0.2, 0) is 0 Å². The summed E-state index contributed by atoms with van der Waals surface area (Å²) in [6, 6.07) is 0.766. The summed E-state index contributed by atoms with van der Waals surface area (Å²) < 4.78 is 0. The van der Waals surface area contributed by atoms with Crippen molar-refractivity contribution in [2.24, 2.45) is 16.7 Å². The van der Waals surface area contributed by atoms with E-state index in [2.05, 4.69) is 51.7 Å². The molecule has 1 N–H and O–H groups in total. The Labute approximate surface area is 98.8 Å². The maximum absolute atomic E-state index is 3.78. The van der Waals surface area contributed by atoms with E-state index >= 15 is 0 Å². The first-order valence-electron chi connectivity index (χ1n) is 6.22. The lowest BCUT2D eigenvalue weighted by Gasteiger charge is -2.17. The first-order valence-corrected chi connectivity index (χ1v) is 7.27. The zero-order valence-corrected chi connectivity index (χ0v) is 11.6. The second kappa shape index (κ2) is 3.66. The van der Waals surface area contributed by atoms with Gasteiger partial charge in [0.1, 0.15) is 0 Å². The third-order valence-corrected chi connectivity index (χ3v) is 6.61. The van der Waals surface area contributed by atoms with Crippen LogP contribution < -0.4 is 5.32 Å². The highest BCUT2D eigenvalue weighted by atomic mass is 32.2. The van der Waals surface area contributed by atoms with E-state index in [9.17, 15) is 0 Å². The van der Waals surface area contributed by atoms with Gasteiger partial charge in [0.2, 0.25) is 0 Å². The molecule has 1 saturated heterocycles. The van der Waals surface area contributed by atoms with Crippen molar-refractivity contribution in [3.8, 4) is 0 Å². The van der Waals surface area contributed by atoms with E-state index in [1.54, 1.807) is 0 Å². The number of hydrogen-bond acceptors (Lipinski definition) is 2. The molecule has 1 aliphatic heterocycles. The van der Waals surface area contributed by atoms with Crippen LogP contribution >= 0.6 is 11.8 Å². The zero-order chi connectivity index (χ0) is 11.3. The maximum Gasteiger partial charge on any atom is 0.0191 e. The average molecular weight is 227 g/mol. The Morgan fingerprint density at radius 2 is 1.80 bits per heavy atom. The lowest BCUT2D eigenvalue weighted by atomic mass is 10.0. The van der Waals surface area contributed by atoms with Gasteiger partial charge < -0.3 is 5.32 Å². The summed E-state index contributed by atoms with van der Waals surface area (Å²) in [6.07, 6.45) is 1.36. The molecule has 1 aliphatic carbocycles. The molecule has 0 aromatic rings. The number of nitrogens with one attached hydrogen (secondary N) is 1. The van der Waals surface area contributed by atoms with Crippen molar-refractivity contribution in [2.45, 2.75) is 52.3 Å². The Morgan fingerprint density at radius 3 is 2.20 bits per heavy atom. The molecule has 1 nitrogen and oxygen atoms in total. The molecular weight excluding hydrogens is 202 g/mol. The van der Waals surface area contributed by atoms with Gasteiger partial charge in [0, 0.05) is 11.3 Å². The predicted octanol–water partition coefficient (Wildman–Crippen LogP) is 3.15. The summed E-state index contributed by atoms with van der Waals surface area (Å²) in [5.74, 6) is 2.21. The van der Waals surface area contributed by atoms with Crippen molar-refractivity contribution >= 4 is 11.8 Å². The molecule has 2 fully saturated rings. The van der Waals surface area contributed by atoms with E-state index in [4.69, 9.17) is 0 Å². The van der Waals surface area contributed by atoms with E-state index in [1.165, 1.54) is 18.7 Å². The number of thioether (sulfide) groups is 1. The zero-order valence-electron chi connectivity index (χ0n) is 10.8. The molecule has 2 heteroatoms. The summed E-state index contributed by atoms with van der Waals surface area (Å²) in [5.41, 5.74) is 1.07. The van der Waals surface area contributed by atoms with Gasteiger partial charge in [-0.25, -0.2) is 0 Å². The first-order chi connectivity index (χ1) is 6.87. The molecule has 0 spiro atoms. The fraction of sp³-hybridized carbons (Fsp3) is 1.00. The first kappa shape index (κ1) is 11.8. The lowest BCUT2D eigenvalue weighted by Crippen LogP contribution is -2.35. The summed E-state index contributed by atoms with van der Waals surface area (Å²) >= 11 is 2.11. The average Bonchev–Trinajstić information content (AvgIpc) is 2.49. The standard InChI is InChI=1S/C13H25NS/c1-9-10(6-7-15-9)14-8-11-12(2,3)13(11,4)5/h9-11,14H,6-8H2,1-5H3. The predicted molar refractivity (Wildman–Crippen MR) is 69.4 cm³/mol. The normalized spacial score (nSPS) is 38.2.